The average Bonchev–Trinajstić information content (AvgIpc) is 3.30. The molecule has 11 rings (SSSR count). The number of benzene rings is 4. The number of hydrogen-bond donors (Lipinski definition) is 5. The van der Waals surface area contributed by atoms with E-state index in [1.807, 2.05) is 87.0 Å². The largest absolute Gasteiger partial charge is 0.486 e. The standard InChI is InChI=1S/C61H72FN13O7/c1-8-74-51(20-22-65-74)42-17-15-41(16-18-42)50(31-76)66-59(78)52-23-43(77)29-73(52)60(79)56(34(2)3)75-30-49(70-71-75)40-11-9-37(10-12-40)33-81-57-54(53-36(5)47(62)25-48-46(53)27-64-69-48)44(39-13-14-39)24-45-55(57)67-61(82-32-35(4)80-7)68-58(45)72(6)28-38-19-21-63-26-38/h9-12,15-18,20,22,24-25,27,30,34-35,38-39,43,50,52,56,63,76-77H,8,13-14,19,21,23,26,28-29,31-33H2,1-7H3,(H,64,69)(H,66,78)/t35-,38+,43+,50-,52-,56-/m0/s1. The fraction of sp³-hybridized carbons (Fsp3) is 0.443. The van der Waals surface area contributed by atoms with Gasteiger partial charge in [-0.15, -0.1) is 5.10 Å². The van der Waals surface area contributed by atoms with E-state index in [0.717, 1.165) is 83.2 Å². The molecule has 5 N–H and O–H groups in total. The fourth-order valence-electron chi connectivity index (χ4n) is 11.6. The number of rotatable bonds is 22. The van der Waals surface area contributed by atoms with E-state index >= 15 is 4.39 Å². The Morgan fingerprint density at radius 1 is 0.976 bits per heavy atom. The molecule has 4 aromatic heterocycles. The SMILES string of the molecule is CCn1nccc1-c1ccc([C@H](CO)NC(=O)[C@@H]2C[C@@H](O)CN2C(=O)[C@H](C(C)C)n2cc(-c3ccc(COc4c(-c5c(C)c(F)cc6[nH]ncc56)c(C5CC5)cc5c(N(C)C[C@@H]6CCNC6)nc(OC[C@H](C)OC)nc45)cc3)nn2)cc1. The molecule has 3 aliphatic rings. The molecule has 6 heterocycles. The summed E-state index contributed by atoms with van der Waals surface area (Å²) in [5, 5.41) is 50.1. The molecule has 2 saturated heterocycles. The summed E-state index contributed by atoms with van der Waals surface area (Å²) >= 11 is 0. The molecule has 8 aromatic rings. The first-order valence-corrected chi connectivity index (χ1v) is 28.5. The second kappa shape index (κ2) is 23.9. The first-order chi connectivity index (χ1) is 39.7. The highest BCUT2D eigenvalue weighted by Gasteiger charge is 2.43. The van der Waals surface area contributed by atoms with Gasteiger partial charge in [0.2, 0.25) is 11.8 Å². The number of carbonyl (C=O) groups excluding carboxylic acids is 2. The van der Waals surface area contributed by atoms with E-state index in [4.69, 9.17) is 24.2 Å². The molecular formula is C61H72FN13O7. The van der Waals surface area contributed by atoms with Gasteiger partial charge in [0, 0.05) is 73.9 Å². The number of H-pyrrole nitrogens is 1. The number of aromatic amines is 1. The number of β-amino-alcohol motifs (C(OH)–C–C–N with tert-alkyl or cyclic N) is 1. The van der Waals surface area contributed by atoms with Crippen molar-refractivity contribution in [2.75, 3.05) is 58.5 Å². The van der Waals surface area contributed by atoms with Gasteiger partial charge in [0.05, 0.1) is 48.5 Å². The van der Waals surface area contributed by atoms with Gasteiger partial charge in [0.25, 0.3) is 0 Å². The van der Waals surface area contributed by atoms with Crippen molar-refractivity contribution in [3.05, 3.63) is 113 Å². The van der Waals surface area contributed by atoms with Gasteiger partial charge in [-0.2, -0.15) is 20.2 Å². The van der Waals surface area contributed by atoms with E-state index in [2.05, 4.69) is 54.3 Å². The van der Waals surface area contributed by atoms with Crippen molar-refractivity contribution >= 4 is 39.4 Å². The lowest BCUT2D eigenvalue weighted by atomic mass is 9.88. The molecular weight excluding hydrogens is 1050 g/mol. The van der Waals surface area contributed by atoms with Gasteiger partial charge in [0.1, 0.15) is 48.1 Å². The fourth-order valence-corrected chi connectivity index (χ4v) is 11.6. The van der Waals surface area contributed by atoms with Crippen molar-refractivity contribution in [1.29, 1.82) is 0 Å². The normalized spacial score (nSPS) is 18.4. The minimum Gasteiger partial charge on any atom is -0.486 e. The summed E-state index contributed by atoms with van der Waals surface area (Å²) in [6.07, 6.45) is 7.06. The number of hydrogen-bond acceptors (Lipinski definition) is 15. The van der Waals surface area contributed by atoms with E-state index in [1.54, 1.807) is 32.6 Å². The predicted octanol–water partition coefficient (Wildman–Crippen LogP) is 7.69. The first-order valence-electron chi connectivity index (χ1n) is 28.5. The smallest absolute Gasteiger partial charge is 0.319 e. The van der Waals surface area contributed by atoms with E-state index in [-0.39, 0.29) is 68.5 Å². The van der Waals surface area contributed by atoms with E-state index in [0.29, 0.717) is 57.4 Å². The molecule has 0 bridgehead atoms. The van der Waals surface area contributed by atoms with Gasteiger partial charge in [-0.05, 0) is 117 Å². The number of aromatic nitrogens is 9. The number of aliphatic hydroxyl groups excluding tert-OH is 2. The van der Waals surface area contributed by atoms with Gasteiger partial charge in [0.15, 0.2) is 5.75 Å². The minimum absolute atomic E-state index is 0.0373. The molecule has 2 amide bonds. The van der Waals surface area contributed by atoms with Crippen molar-refractivity contribution < 1.29 is 38.4 Å². The number of aliphatic hydroxyl groups is 2. The summed E-state index contributed by atoms with van der Waals surface area (Å²) in [4.78, 5) is 42.5. The van der Waals surface area contributed by atoms with Crippen LogP contribution in [0.1, 0.15) is 93.6 Å². The number of methoxy groups -OCH3 is 1. The van der Waals surface area contributed by atoms with Crippen LogP contribution in [-0.2, 0) is 27.5 Å². The van der Waals surface area contributed by atoms with Gasteiger partial charge in [-0.1, -0.05) is 67.6 Å². The number of fused-ring (bicyclic) bond motifs is 2. The van der Waals surface area contributed by atoms with Crippen LogP contribution in [0.15, 0.2) is 85.3 Å². The molecule has 21 heteroatoms. The van der Waals surface area contributed by atoms with Crippen LogP contribution in [0, 0.1) is 24.6 Å². The average molecular weight is 1120 g/mol. The molecule has 0 spiro atoms. The van der Waals surface area contributed by atoms with E-state index < -0.39 is 30.1 Å². The molecule has 82 heavy (non-hydrogen) atoms. The van der Waals surface area contributed by atoms with Crippen molar-refractivity contribution in [2.24, 2.45) is 11.8 Å². The van der Waals surface area contributed by atoms with Gasteiger partial charge < -0.3 is 44.9 Å². The zero-order valence-electron chi connectivity index (χ0n) is 47.5. The van der Waals surface area contributed by atoms with Crippen molar-refractivity contribution in [2.45, 2.75) is 110 Å². The molecule has 1 saturated carbocycles. The second-order valence-electron chi connectivity index (χ2n) is 22.5. The number of nitrogens with zero attached hydrogens (tertiary/aromatic N) is 10. The first kappa shape index (κ1) is 56.0. The zero-order chi connectivity index (χ0) is 57.3. The third-order valence-corrected chi connectivity index (χ3v) is 16.4. The molecule has 3 fully saturated rings. The summed E-state index contributed by atoms with van der Waals surface area (Å²) in [6.45, 7) is 12.8. The summed E-state index contributed by atoms with van der Waals surface area (Å²) in [5.74, 6) is 0.307. The number of ether oxygens (including phenoxy) is 3. The predicted molar refractivity (Wildman–Crippen MR) is 309 cm³/mol. The number of likely N-dealkylation sites (tertiary alicyclic amines) is 1. The molecule has 0 unspecified atom stereocenters. The molecule has 6 atom stereocenters. The van der Waals surface area contributed by atoms with Crippen LogP contribution in [0.3, 0.4) is 0 Å². The Balaban J connectivity index is 0.867. The van der Waals surface area contributed by atoms with Crippen LogP contribution < -0.4 is 25.0 Å². The van der Waals surface area contributed by atoms with Crippen LogP contribution in [0.5, 0.6) is 11.8 Å². The number of halogens is 1. The maximum Gasteiger partial charge on any atom is 0.319 e. The zero-order valence-corrected chi connectivity index (χ0v) is 47.5. The number of amides is 2. The van der Waals surface area contributed by atoms with Crippen LogP contribution >= 0.6 is 0 Å². The highest BCUT2D eigenvalue weighted by molar-refractivity contribution is 6.06. The summed E-state index contributed by atoms with van der Waals surface area (Å²) < 4.78 is 38.5. The van der Waals surface area contributed by atoms with Crippen LogP contribution in [-0.4, -0.2) is 144 Å². The topological polar surface area (TPSA) is 236 Å². The van der Waals surface area contributed by atoms with Gasteiger partial charge in [-0.3, -0.25) is 19.4 Å². The number of aryl methyl sites for hydroxylation is 1. The summed E-state index contributed by atoms with van der Waals surface area (Å²) in [5.41, 5.74) is 8.72. The lowest BCUT2D eigenvalue weighted by Crippen LogP contribution is -2.50. The maximum absolute atomic E-state index is 16.1. The molecule has 1 aliphatic carbocycles. The Labute approximate surface area is 475 Å². The molecule has 0 radical (unpaired) electrons. The highest BCUT2D eigenvalue weighted by Crippen LogP contribution is 2.53. The summed E-state index contributed by atoms with van der Waals surface area (Å²) in [6, 6.07) is 18.5. The highest BCUT2D eigenvalue weighted by atomic mass is 19.1. The molecule has 430 valence electrons. The quantitative estimate of drug-likeness (QED) is 0.0438. The maximum atomic E-state index is 16.1. The molecule has 20 nitrogen and oxygen atoms in total. The summed E-state index contributed by atoms with van der Waals surface area (Å²) in [7, 11) is 3.68. The van der Waals surface area contributed by atoms with Gasteiger partial charge in [-0.25, -0.2) is 9.07 Å². The second-order valence-corrected chi connectivity index (χ2v) is 22.5. The number of anilines is 1. The van der Waals surface area contributed by atoms with Crippen LogP contribution in [0.4, 0.5) is 10.2 Å². The monoisotopic (exact) mass is 1120 g/mol. The number of nitrogens with one attached hydrogen (secondary N) is 3. The number of carbonyl (C=O) groups is 2. The Kier molecular flexibility index (Phi) is 16.4. The Morgan fingerprint density at radius 3 is 2.46 bits per heavy atom. The molecule has 4 aromatic carbocycles. The third kappa shape index (κ3) is 11.4. The third-order valence-electron chi connectivity index (χ3n) is 16.4. The van der Waals surface area contributed by atoms with E-state index in [1.165, 1.54) is 15.6 Å². The minimum atomic E-state index is -0.987. The Hall–Kier alpha value is -7.85. The van der Waals surface area contributed by atoms with Crippen molar-refractivity contribution in [3.63, 3.8) is 0 Å². The molecule has 2 aliphatic heterocycles. The van der Waals surface area contributed by atoms with Crippen LogP contribution in [0.2, 0.25) is 0 Å². The van der Waals surface area contributed by atoms with Crippen molar-refractivity contribution in [3.8, 4) is 45.4 Å². The van der Waals surface area contributed by atoms with Crippen LogP contribution in [0.25, 0.3) is 55.4 Å². The lowest BCUT2D eigenvalue weighted by Gasteiger charge is -2.30. The van der Waals surface area contributed by atoms with Gasteiger partial charge >= 0.3 is 6.01 Å². The Morgan fingerprint density at radius 2 is 1.76 bits per heavy atom. The lowest BCUT2D eigenvalue weighted by molar-refractivity contribution is -0.142. The van der Waals surface area contributed by atoms with Crippen molar-refractivity contribution in [1.82, 2.24) is 60.5 Å². The van der Waals surface area contributed by atoms with E-state index in [9.17, 15) is 19.8 Å². The Bertz CT molecular complexity index is 3570.